The number of hydrogen-bond acceptors (Lipinski definition) is 6. The molecular weight excluding hydrogens is 428 g/mol. The third-order valence-corrected chi connectivity index (χ3v) is 7.24. The Morgan fingerprint density at radius 1 is 1.06 bits per heavy atom. The molecule has 2 aromatic carbocycles. The number of amides is 1. The van der Waals surface area contributed by atoms with Crippen LogP contribution in [-0.4, -0.2) is 56.2 Å². The first-order valence-electron chi connectivity index (χ1n) is 10.4. The van der Waals surface area contributed by atoms with Crippen LogP contribution in [0.2, 0.25) is 0 Å². The second-order valence-electron chi connectivity index (χ2n) is 7.15. The molecule has 172 valence electrons. The monoisotopic (exact) mass is 458 g/mol. The van der Waals surface area contributed by atoms with E-state index < -0.39 is 15.1 Å². The van der Waals surface area contributed by atoms with E-state index in [4.69, 9.17) is 4.74 Å². The number of sulfone groups is 1. The molecule has 0 aliphatic heterocycles. The first kappa shape index (κ1) is 25.4. The highest BCUT2D eigenvalue weighted by Gasteiger charge is 2.31. The summed E-state index contributed by atoms with van der Waals surface area (Å²) in [7, 11) is -3.90. The third-order valence-electron chi connectivity index (χ3n) is 5.14. The summed E-state index contributed by atoms with van der Waals surface area (Å²) in [6, 6.07) is 13.3. The molecule has 1 N–H and O–H groups in total. The van der Waals surface area contributed by atoms with E-state index in [1.807, 2.05) is 12.1 Å². The molecule has 0 saturated heterocycles. The van der Waals surface area contributed by atoms with Gasteiger partial charge in [0, 0.05) is 6.54 Å². The molecule has 0 saturated carbocycles. The first-order chi connectivity index (χ1) is 15.3. The number of carbonyl (C=O) groups excluding carboxylic acids is 1. The van der Waals surface area contributed by atoms with Gasteiger partial charge in [0.15, 0.2) is 9.84 Å². The lowest BCUT2D eigenvalue weighted by Crippen LogP contribution is -2.29. The molecule has 0 aliphatic rings. The minimum absolute atomic E-state index is 0.0722. The number of rotatable bonds is 12. The molecular formula is C24H30N2O5S. The summed E-state index contributed by atoms with van der Waals surface area (Å²) in [4.78, 5) is 13.3. The van der Waals surface area contributed by atoms with Crippen molar-refractivity contribution in [3.05, 3.63) is 59.7 Å². The standard InChI is InChI=1S/C24H30N2O5S/c1-4-7-16-31-22-12-14-23(15-13-22)32(29,30)24(18-26(28)19-27)21-10-8-20(9-11-21)17-25(5-2)6-3/h8-15,19,24,28H,5-6,16-18H2,1-3H3. The van der Waals surface area contributed by atoms with Crippen LogP contribution in [0.5, 0.6) is 5.75 Å². The van der Waals surface area contributed by atoms with Crippen molar-refractivity contribution in [1.29, 1.82) is 0 Å². The summed E-state index contributed by atoms with van der Waals surface area (Å²) in [6.45, 7) is 8.30. The molecule has 0 bridgehead atoms. The lowest BCUT2D eigenvalue weighted by atomic mass is 10.1. The maximum absolute atomic E-state index is 13.4. The third kappa shape index (κ3) is 6.82. The number of carbonyl (C=O) groups is 1. The van der Waals surface area contributed by atoms with Crippen molar-refractivity contribution in [3.63, 3.8) is 0 Å². The van der Waals surface area contributed by atoms with Gasteiger partial charge in [0.1, 0.15) is 17.6 Å². The van der Waals surface area contributed by atoms with Crippen molar-refractivity contribution in [2.45, 2.75) is 37.5 Å². The molecule has 0 spiro atoms. The van der Waals surface area contributed by atoms with Crippen LogP contribution in [-0.2, 0) is 21.2 Å². The van der Waals surface area contributed by atoms with Gasteiger partial charge in [-0.2, -0.15) is 0 Å². The summed E-state index contributed by atoms with van der Waals surface area (Å²) in [5.41, 5.74) is 1.55. The van der Waals surface area contributed by atoms with Gasteiger partial charge in [-0.15, -0.1) is 5.92 Å². The topological polar surface area (TPSA) is 87.1 Å². The highest BCUT2D eigenvalue weighted by Crippen LogP contribution is 2.31. The Morgan fingerprint density at radius 3 is 2.22 bits per heavy atom. The zero-order valence-corrected chi connectivity index (χ0v) is 19.5. The van der Waals surface area contributed by atoms with Crippen LogP contribution in [0.15, 0.2) is 53.4 Å². The Kier molecular flexibility index (Phi) is 9.72. The Bertz CT molecular complexity index is 1020. The first-order valence-corrected chi connectivity index (χ1v) is 12.0. The highest BCUT2D eigenvalue weighted by molar-refractivity contribution is 7.91. The molecule has 0 heterocycles. The van der Waals surface area contributed by atoms with Crippen molar-refractivity contribution in [3.8, 4) is 17.6 Å². The lowest BCUT2D eigenvalue weighted by molar-refractivity contribution is -0.149. The van der Waals surface area contributed by atoms with Crippen LogP contribution in [0, 0.1) is 11.8 Å². The van der Waals surface area contributed by atoms with E-state index in [1.54, 1.807) is 31.2 Å². The Morgan fingerprint density at radius 2 is 1.69 bits per heavy atom. The number of nitrogens with zero attached hydrogens (tertiary/aromatic N) is 2. The predicted molar refractivity (Wildman–Crippen MR) is 123 cm³/mol. The van der Waals surface area contributed by atoms with Crippen molar-refractivity contribution in [1.82, 2.24) is 9.96 Å². The van der Waals surface area contributed by atoms with Gasteiger partial charge in [0.25, 0.3) is 0 Å². The number of ether oxygens (including phenoxy) is 1. The van der Waals surface area contributed by atoms with Gasteiger partial charge >= 0.3 is 0 Å². The van der Waals surface area contributed by atoms with Gasteiger partial charge in [-0.25, -0.2) is 13.5 Å². The van der Waals surface area contributed by atoms with Crippen LogP contribution in [0.1, 0.15) is 37.1 Å². The number of hydroxylamine groups is 2. The van der Waals surface area contributed by atoms with Gasteiger partial charge in [0.05, 0.1) is 11.4 Å². The van der Waals surface area contributed by atoms with Gasteiger partial charge in [0.2, 0.25) is 6.41 Å². The predicted octanol–water partition coefficient (Wildman–Crippen LogP) is 3.29. The van der Waals surface area contributed by atoms with Gasteiger partial charge in [-0.1, -0.05) is 44.0 Å². The summed E-state index contributed by atoms with van der Waals surface area (Å²) in [5.74, 6) is 5.99. The van der Waals surface area contributed by atoms with Gasteiger partial charge in [-0.3, -0.25) is 14.9 Å². The zero-order chi connectivity index (χ0) is 23.6. The van der Waals surface area contributed by atoms with Gasteiger partial charge in [-0.05, 0) is 55.4 Å². The SMILES string of the molecule is CC#CCOc1ccc(S(=O)(=O)C(CN(O)C=O)c2ccc(CN(CC)CC)cc2)cc1. The van der Waals surface area contributed by atoms with Crippen LogP contribution in [0.25, 0.3) is 0 Å². The van der Waals surface area contributed by atoms with E-state index in [9.17, 15) is 18.4 Å². The molecule has 0 radical (unpaired) electrons. The lowest BCUT2D eigenvalue weighted by Gasteiger charge is -2.22. The second kappa shape index (κ2) is 12.2. The molecule has 2 rings (SSSR count). The molecule has 7 nitrogen and oxygen atoms in total. The smallest absolute Gasteiger partial charge is 0.233 e. The molecule has 8 heteroatoms. The normalized spacial score (nSPS) is 12.0. The average Bonchev–Trinajstić information content (AvgIpc) is 2.81. The molecule has 1 atom stereocenters. The van der Waals surface area contributed by atoms with Crippen molar-refractivity contribution in [2.24, 2.45) is 0 Å². The zero-order valence-electron chi connectivity index (χ0n) is 18.7. The van der Waals surface area contributed by atoms with Crippen LogP contribution in [0.4, 0.5) is 0 Å². The maximum Gasteiger partial charge on any atom is 0.233 e. The Balaban J connectivity index is 2.32. The van der Waals surface area contributed by atoms with E-state index in [0.717, 1.165) is 25.2 Å². The number of hydrogen-bond donors (Lipinski definition) is 1. The van der Waals surface area contributed by atoms with Crippen molar-refractivity contribution in [2.75, 3.05) is 26.2 Å². The molecule has 1 unspecified atom stereocenters. The average molecular weight is 459 g/mol. The quantitative estimate of drug-likeness (QED) is 0.227. The van der Waals surface area contributed by atoms with Crippen molar-refractivity contribution >= 4 is 16.2 Å². The van der Waals surface area contributed by atoms with Crippen LogP contribution in [0.3, 0.4) is 0 Å². The second-order valence-corrected chi connectivity index (χ2v) is 9.28. The summed E-state index contributed by atoms with van der Waals surface area (Å²) in [5, 5.41) is 8.99. The van der Waals surface area contributed by atoms with E-state index in [2.05, 4.69) is 30.6 Å². The maximum atomic E-state index is 13.4. The van der Waals surface area contributed by atoms with Gasteiger partial charge < -0.3 is 4.74 Å². The molecule has 1 amide bonds. The fourth-order valence-electron chi connectivity index (χ4n) is 3.22. The van der Waals surface area contributed by atoms with E-state index in [1.165, 1.54) is 12.1 Å². The largest absolute Gasteiger partial charge is 0.481 e. The van der Waals surface area contributed by atoms with Crippen molar-refractivity contribution < 1.29 is 23.2 Å². The minimum Gasteiger partial charge on any atom is -0.481 e. The summed E-state index contributed by atoms with van der Waals surface area (Å²) >= 11 is 0. The van der Waals surface area contributed by atoms with Crippen LogP contribution < -0.4 is 4.74 Å². The Hall–Kier alpha value is -2.86. The van der Waals surface area contributed by atoms with Crippen LogP contribution >= 0.6 is 0 Å². The molecule has 0 aromatic heterocycles. The molecule has 0 aliphatic carbocycles. The fraction of sp³-hybridized carbons (Fsp3) is 0.375. The highest BCUT2D eigenvalue weighted by atomic mass is 32.2. The minimum atomic E-state index is -3.90. The molecule has 2 aromatic rings. The van der Waals surface area contributed by atoms with E-state index >= 15 is 0 Å². The fourth-order valence-corrected chi connectivity index (χ4v) is 4.93. The number of benzene rings is 2. The summed E-state index contributed by atoms with van der Waals surface area (Å²) in [6.07, 6.45) is 0.197. The van der Waals surface area contributed by atoms with E-state index in [-0.39, 0.29) is 24.5 Å². The van der Waals surface area contributed by atoms with E-state index in [0.29, 0.717) is 16.4 Å². The molecule has 32 heavy (non-hydrogen) atoms. The molecule has 0 fully saturated rings. The summed E-state index contributed by atoms with van der Waals surface area (Å²) < 4.78 is 32.2. The Labute approximate surface area is 190 Å².